The number of hydrogen-bond acceptors (Lipinski definition) is 5. The van der Waals surface area contributed by atoms with Gasteiger partial charge in [-0.05, 0) is 98.7 Å². The Morgan fingerprint density at radius 3 is 1.71 bits per heavy atom. The van der Waals surface area contributed by atoms with Gasteiger partial charge < -0.3 is 13.9 Å². The zero-order chi connectivity index (χ0) is 30.4. The lowest BCUT2D eigenvalue weighted by atomic mass is 9.57. The van der Waals surface area contributed by atoms with Gasteiger partial charge in [0.05, 0.1) is 22.8 Å². The van der Waals surface area contributed by atoms with Gasteiger partial charge in [0.15, 0.2) is 0 Å². The van der Waals surface area contributed by atoms with Crippen molar-refractivity contribution in [3.05, 3.63) is 23.0 Å². The van der Waals surface area contributed by atoms with E-state index in [-0.39, 0.29) is 41.4 Å². The number of rotatable bonds is 8. The summed E-state index contributed by atoms with van der Waals surface area (Å²) in [5, 5.41) is 0. The van der Waals surface area contributed by atoms with Crippen molar-refractivity contribution in [2.75, 3.05) is 0 Å². The monoisotopic (exact) mass is 586 g/mol. The van der Waals surface area contributed by atoms with Crippen LogP contribution in [-0.4, -0.2) is 32.5 Å². The van der Waals surface area contributed by atoms with Crippen LogP contribution in [0.25, 0.3) is 0 Å². The van der Waals surface area contributed by atoms with Gasteiger partial charge in [0, 0.05) is 5.92 Å². The van der Waals surface area contributed by atoms with Crippen LogP contribution >= 0.6 is 0 Å². The lowest BCUT2D eigenvalue weighted by Crippen LogP contribution is -2.47. The molecule has 8 atom stereocenters. The standard InChI is InChI=1S/C35H58O5Si/c1-20(2)25-14-12-22(5)16-27(25)38-33(36)30-24-18-29(40-41(9,10)11)32(35(7,8)19-24)31(30)34(37)39-28-17-23(6)13-15-26(28)21(3)4/h18,20-28,32H,12-17,19H2,1-11H3/t22-,23-,24?,25+,26+,27-,28-,32?/m1/s1. The summed E-state index contributed by atoms with van der Waals surface area (Å²) in [6.07, 6.45) is 8.93. The second-order valence-corrected chi connectivity index (χ2v) is 20.8. The van der Waals surface area contributed by atoms with Crippen molar-refractivity contribution in [1.29, 1.82) is 0 Å². The Morgan fingerprint density at radius 2 is 1.27 bits per heavy atom. The molecule has 0 aliphatic heterocycles. The molecule has 0 radical (unpaired) electrons. The highest BCUT2D eigenvalue weighted by molar-refractivity contribution is 6.70. The molecule has 6 heteroatoms. The molecule has 5 nitrogen and oxygen atoms in total. The van der Waals surface area contributed by atoms with Gasteiger partial charge in [0.25, 0.3) is 0 Å². The van der Waals surface area contributed by atoms with Gasteiger partial charge in [-0.15, -0.1) is 0 Å². The summed E-state index contributed by atoms with van der Waals surface area (Å²) < 4.78 is 19.5. The Morgan fingerprint density at radius 1 is 0.805 bits per heavy atom. The van der Waals surface area contributed by atoms with Crippen molar-refractivity contribution < 1.29 is 23.5 Å². The number of hydrogen-bond donors (Lipinski definition) is 0. The molecule has 232 valence electrons. The minimum absolute atomic E-state index is 0.115. The minimum atomic E-state index is -1.96. The van der Waals surface area contributed by atoms with Crippen LogP contribution in [0.2, 0.25) is 19.6 Å². The highest BCUT2D eigenvalue weighted by Crippen LogP contribution is 2.56. The number of ether oxygens (including phenoxy) is 2. The molecule has 0 aromatic carbocycles. The second kappa shape index (κ2) is 12.2. The van der Waals surface area contributed by atoms with E-state index in [2.05, 4.69) is 81.1 Å². The number of esters is 2. The summed E-state index contributed by atoms with van der Waals surface area (Å²) in [5.74, 6) is 2.32. The quantitative estimate of drug-likeness (QED) is 0.210. The Kier molecular flexibility index (Phi) is 9.63. The fraction of sp³-hybridized carbons (Fsp3) is 0.829. The van der Waals surface area contributed by atoms with Gasteiger partial charge in [0.1, 0.15) is 12.2 Å². The zero-order valence-electron chi connectivity index (χ0n) is 27.8. The molecule has 0 aromatic heterocycles. The first kappa shape index (κ1) is 32.4. The number of fused-ring (bicyclic) bond motifs is 1. The maximum Gasteiger partial charge on any atom is 0.335 e. The van der Waals surface area contributed by atoms with E-state index < -0.39 is 8.32 Å². The van der Waals surface area contributed by atoms with Gasteiger partial charge in [-0.1, -0.05) is 68.2 Å². The molecule has 0 saturated heterocycles. The molecule has 2 bridgehead atoms. The lowest BCUT2D eigenvalue weighted by Gasteiger charge is -2.49. The molecule has 2 fully saturated rings. The molecule has 0 heterocycles. The molecule has 2 unspecified atom stereocenters. The molecular formula is C35H58O5Si. The number of allylic oxidation sites excluding steroid dienone is 2. The Hall–Kier alpha value is -1.56. The molecule has 5 aliphatic carbocycles. The average Bonchev–Trinajstić information content (AvgIpc) is 2.81. The smallest absolute Gasteiger partial charge is 0.335 e. The highest BCUT2D eigenvalue weighted by Gasteiger charge is 2.54. The summed E-state index contributed by atoms with van der Waals surface area (Å²) >= 11 is 0. The predicted molar refractivity (Wildman–Crippen MR) is 167 cm³/mol. The Bertz CT molecular complexity index is 1050. The van der Waals surface area contributed by atoms with E-state index in [1.165, 1.54) is 12.8 Å². The summed E-state index contributed by atoms with van der Waals surface area (Å²) in [5.41, 5.74) is 0.814. The molecule has 0 aromatic rings. The van der Waals surface area contributed by atoms with E-state index >= 15 is 0 Å². The second-order valence-electron chi connectivity index (χ2n) is 16.4. The zero-order valence-corrected chi connectivity index (χ0v) is 28.8. The van der Waals surface area contributed by atoms with Gasteiger partial charge in [-0.25, -0.2) is 9.59 Å². The van der Waals surface area contributed by atoms with Crippen LogP contribution in [0.3, 0.4) is 0 Å². The van der Waals surface area contributed by atoms with E-state index in [1.54, 1.807) is 0 Å². The molecular weight excluding hydrogens is 528 g/mol. The maximum absolute atomic E-state index is 14.4. The first-order chi connectivity index (χ1) is 19.0. The van der Waals surface area contributed by atoms with E-state index in [1.807, 2.05) is 0 Å². The summed E-state index contributed by atoms with van der Waals surface area (Å²) in [4.78, 5) is 28.6. The molecule has 0 spiro atoms. The predicted octanol–water partition coefficient (Wildman–Crippen LogP) is 8.70. The fourth-order valence-corrected chi connectivity index (χ4v) is 9.23. The Balaban J connectivity index is 1.73. The van der Waals surface area contributed by atoms with Crippen LogP contribution < -0.4 is 0 Å². The molecule has 5 rings (SSSR count). The fourth-order valence-electron chi connectivity index (χ4n) is 8.33. The summed E-state index contributed by atoms with van der Waals surface area (Å²) in [6, 6.07) is 0. The third-order valence-electron chi connectivity index (χ3n) is 10.4. The Labute approximate surface area is 251 Å². The van der Waals surface area contributed by atoms with Crippen LogP contribution in [0, 0.1) is 52.8 Å². The van der Waals surface area contributed by atoms with Crippen molar-refractivity contribution in [3.8, 4) is 0 Å². The molecule has 41 heavy (non-hydrogen) atoms. The van der Waals surface area contributed by atoms with Crippen molar-refractivity contribution in [2.24, 2.45) is 52.8 Å². The first-order valence-electron chi connectivity index (χ1n) is 16.5. The minimum Gasteiger partial charge on any atom is -0.547 e. The number of carbonyl (C=O) groups is 2. The van der Waals surface area contributed by atoms with Gasteiger partial charge >= 0.3 is 11.9 Å². The molecule has 0 amide bonds. The van der Waals surface area contributed by atoms with E-state index in [0.717, 1.165) is 37.9 Å². The van der Waals surface area contributed by atoms with E-state index in [9.17, 15) is 9.59 Å². The van der Waals surface area contributed by atoms with Crippen LogP contribution in [0.1, 0.15) is 100 Å². The van der Waals surface area contributed by atoms with Gasteiger partial charge in [-0.3, -0.25) is 0 Å². The maximum atomic E-state index is 14.4. The molecule has 2 saturated carbocycles. The van der Waals surface area contributed by atoms with Gasteiger partial charge in [0.2, 0.25) is 8.32 Å². The van der Waals surface area contributed by atoms with Crippen molar-refractivity contribution in [2.45, 2.75) is 132 Å². The van der Waals surface area contributed by atoms with Crippen molar-refractivity contribution in [3.63, 3.8) is 0 Å². The van der Waals surface area contributed by atoms with Gasteiger partial charge in [-0.2, -0.15) is 0 Å². The SMILES string of the molecule is CC(C)[C@@H]1CC[C@@H](C)C[C@H]1OC(=O)C1=C(C(=O)O[C@@H]2C[C@H](C)CC[C@H]2C(C)C)C2C(O[Si](C)(C)C)=CC1CC2(C)C. The van der Waals surface area contributed by atoms with Crippen LogP contribution in [0.15, 0.2) is 23.0 Å². The number of carbonyl (C=O) groups excluding carboxylic acids is 2. The van der Waals surface area contributed by atoms with Crippen molar-refractivity contribution in [1.82, 2.24) is 0 Å². The highest BCUT2D eigenvalue weighted by atomic mass is 28.4. The van der Waals surface area contributed by atoms with E-state index in [0.29, 0.717) is 46.7 Å². The first-order valence-corrected chi connectivity index (χ1v) is 20.0. The third-order valence-corrected chi connectivity index (χ3v) is 11.3. The largest absolute Gasteiger partial charge is 0.547 e. The van der Waals surface area contributed by atoms with Crippen LogP contribution in [-0.2, 0) is 23.5 Å². The molecule has 5 aliphatic rings. The topological polar surface area (TPSA) is 61.8 Å². The summed E-state index contributed by atoms with van der Waals surface area (Å²) in [7, 11) is -1.96. The molecule has 0 N–H and O–H groups in total. The third kappa shape index (κ3) is 7.16. The van der Waals surface area contributed by atoms with Crippen LogP contribution in [0.5, 0.6) is 0 Å². The van der Waals surface area contributed by atoms with Crippen LogP contribution in [0.4, 0.5) is 0 Å². The average molecular weight is 587 g/mol. The lowest BCUT2D eigenvalue weighted by molar-refractivity contribution is -0.157. The normalized spacial score (nSPS) is 35.4. The van der Waals surface area contributed by atoms with E-state index in [4.69, 9.17) is 13.9 Å². The summed E-state index contributed by atoms with van der Waals surface area (Å²) in [6.45, 7) is 24.4. The van der Waals surface area contributed by atoms with Crippen molar-refractivity contribution >= 4 is 20.3 Å².